The number of nitrogens with two attached hydrogens (primary N) is 2. The van der Waals surface area contributed by atoms with Gasteiger partial charge in [-0.1, -0.05) is 22.0 Å². The Morgan fingerprint density at radius 3 is 2.50 bits per heavy atom. The van der Waals surface area contributed by atoms with Gasteiger partial charge in [0.1, 0.15) is 0 Å². The molecule has 0 radical (unpaired) electrons. The number of benzene rings is 2. The van der Waals surface area contributed by atoms with E-state index in [0.717, 1.165) is 22.2 Å². The van der Waals surface area contributed by atoms with Gasteiger partial charge in [-0.3, -0.25) is 11.3 Å². The third kappa shape index (κ3) is 3.33. The molecular formula is C14H14BrF2N3. The number of rotatable bonds is 4. The summed E-state index contributed by atoms with van der Waals surface area (Å²) < 4.78 is 27.0. The maximum Gasteiger partial charge on any atom is 0.159 e. The summed E-state index contributed by atoms with van der Waals surface area (Å²) in [7, 11) is 0. The van der Waals surface area contributed by atoms with E-state index in [2.05, 4.69) is 21.4 Å². The molecular weight excluding hydrogens is 328 g/mol. The van der Waals surface area contributed by atoms with Crippen molar-refractivity contribution in [1.29, 1.82) is 0 Å². The SMILES string of the molecule is NNC(Cc1ccc(F)c(F)c1)c1cc(Br)ccc1N. The quantitative estimate of drug-likeness (QED) is 0.455. The molecule has 0 saturated heterocycles. The number of anilines is 1. The highest BCUT2D eigenvalue weighted by molar-refractivity contribution is 9.10. The van der Waals surface area contributed by atoms with E-state index in [1.54, 1.807) is 6.07 Å². The molecule has 0 aliphatic rings. The molecule has 1 atom stereocenters. The molecule has 5 N–H and O–H groups in total. The van der Waals surface area contributed by atoms with Crippen LogP contribution in [0.15, 0.2) is 40.9 Å². The molecule has 0 heterocycles. The Balaban J connectivity index is 2.28. The first-order valence-electron chi connectivity index (χ1n) is 5.96. The normalized spacial score (nSPS) is 12.4. The maximum absolute atomic E-state index is 13.2. The first-order valence-corrected chi connectivity index (χ1v) is 6.75. The van der Waals surface area contributed by atoms with Gasteiger partial charge in [0.15, 0.2) is 11.6 Å². The Kier molecular flexibility index (Phi) is 4.69. The lowest BCUT2D eigenvalue weighted by Crippen LogP contribution is -2.30. The van der Waals surface area contributed by atoms with Crippen LogP contribution in [0.1, 0.15) is 17.2 Å². The molecule has 0 amide bonds. The Labute approximate surface area is 124 Å². The lowest BCUT2D eigenvalue weighted by atomic mass is 9.98. The van der Waals surface area contributed by atoms with Gasteiger partial charge in [-0.2, -0.15) is 0 Å². The van der Waals surface area contributed by atoms with Gasteiger partial charge >= 0.3 is 0 Å². The van der Waals surface area contributed by atoms with Crippen LogP contribution in [0.4, 0.5) is 14.5 Å². The Bertz CT molecular complexity index is 619. The van der Waals surface area contributed by atoms with E-state index in [-0.39, 0.29) is 6.04 Å². The zero-order chi connectivity index (χ0) is 14.7. The minimum Gasteiger partial charge on any atom is -0.398 e. The van der Waals surface area contributed by atoms with E-state index in [0.29, 0.717) is 17.7 Å². The first kappa shape index (κ1) is 14.9. The van der Waals surface area contributed by atoms with Crippen LogP contribution in [0.5, 0.6) is 0 Å². The predicted octanol–water partition coefficient (Wildman–Crippen LogP) is 3.06. The molecule has 3 nitrogen and oxygen atoms in total. The third-order valence-corrected chi connectivity index (χ3v) is 3.54. The summed E-state index contributed by atoms with van der Waals surface area (Å²) in [4.78, 5) is 0. The van der Waals surface area contributed by atoms with Crippen molar-refractivity contribution in [3.63, 3.8) is 0 Å². The minimum absolute atomic E-state index is 0.294. The highest BCUT2D eigenvalue weighted by Gasteiger charge is 2.15. The van der Waals surface area contributed by atoms with Gasteiger partial charge in [0.25, 0.3) is 0 Å². The van der Waals surface area contributed by atoms with Gasteiger partial charge in [-0.05, 0) is 47.9 Å². The van der Waals surface area contributed by atoms with Gasteiger partial charge in [-0.15, -0.1) is 0 Å². The van der Waals surface area contributed by atoms with E-state index in [1.807, 2.05) is 12.1 Å². The molecule has 0 aromatic heterocycles. The predicted molar refractivity (Wildman–Crippen MR) is 78.7 cm³/mol. The topological polar surface area (TPSA) is 64.1 Å². The second kappa shape index (κ2) is 6.30. The largest absolute Gasteiger partial charge is 0.398 e. The van der Waals surface area contributed by atoms with Crippen LogP contribution in [0.25, 0.3) is 0 Å². The van der Waals surface area contributed by atoms with Gasteiger partial charge in [0.05, 0.1) is 6.04 Å². The fraction of sp³-hybridized carbons (Fsp3) is 0.143. The van der Waals surface area contributed by atoms with Crippen molar-refractivity contribution >= 4 is 21.6 Å². The molecule has 2 aromatic rings. The molecule has 6 heteroatoms. The van der Waals surface area contributed by atoms with Crippen LogP contribution in [0, 0.1) is 11.6 Å². The summed E-state index contributed by atoms with van der Waals surface area (Å²) >= 11 is 3.37. The first-order chi connectivity index (χ1) is 9.51. The lowest BCUT2D eigenvalue weighted by molar-refractivity contribution is 0.502. The van der Waals surface area contributed by atoms with Crippen molar-refractivity contribution in [1.82, 2.24) is 5.43 Å². The summed E-state index contributed by atoms with van der Waals surface area (Å²) in [6.07, 6.45) is 0.397. The van der Waals surface area contributed by atoms with Gasteiger partial charge in [0.2, 0.25) is 0 Å². The van der Waals surface area contributed by atoms with E-state index in [4.69, 9.17) is 11.6 Å². The maximum atomic E-state index is 13.2. The van der Waals surface area contributed by atoms with Gasteiger partial charge < -0.3 is 5.73 Å². The summed E-state index contributed by atoms with van der Waals surface area (Å²) in [5.41, 5.74) is 10.6. The number of nitrogen functional groups attached to an aromatic ring is 1. The molecule has 0 bridgehead atoms. The van der Waals surface area contributed by atoms with Crippen molar-refractivity contribution in [2.24, 2.45) is 5.84 Å². The molecule has 20 heavy (non-hydrogen) atoms. The molecule has 0 aliphatic heterocycles. The van der Waals surface area contributed by atoms with Crippen molar-refractivity contribution in [3.8, 4) is 0 Å². The van der Waals surface area contributed by atoms with Crippen LogP contribution in [-0.4, -0.2) is 0 Å². The summed E-state index contributed by atoms with van der Waals surface area (Å²) in [6, 6.07) is 8.92. The third-order valence-electron chi connectivity index (χ3n) is 3.05. The van der Waals surface area contributed by atoms with Crippen LogP contribution < -0.4 is 17.0 Å². The Morgan fingerprint density at radius 2 is 1.85 bits per heavy atom. The average Bonchev–Trinajstić information content (AvgIpc) is 2.43. The van der Waals surface area contributed by atoms with E-state index in [9.17, 15) is 8.78 Å². The lowest BCUT2D eigenvalue weighted by Gasteiger charge is -2.19. The average molecular weight is 342 g/mol. The zero-order valence-electron chi connectivity index (χ0n) is 10.5. The molecule has 1 unspecified atom stereocenters. The molecule has 2 rings (SSSR count). The smallest absolute Gasteiger partial charge is 0.159 e. The number of hydrazine groups is 1. The highest BCUT2D eigenvalue weighted by atomic mass is 79.9. The molecule has 0 fully saturated rings. The molecule has 106 valence electrons. The zero-order valence-corrected chi connectivity index (χ0v) is 12.1. The fourth-order valence-corrected chi connectivity index (χ4v) is 2.39. The van der Waals surface area contributed by atoms with E-state index in [1.165, 1.54) is 6.07 Å². The summed E-state index contributed by atoms with van der Waals surface area (Å²) in [6.45, 7) is 0. The van der Waals surface area contributed by atoms with Crippen LogP contribution in [0.3, 0.4) is 0 Å². The number of halogens is 3. The number of hydrogen-bond donors (Lipinski definition) is 3. The van der Waals surface area contributed by atoms with Crippen molar-refractivity contribution < 1.29 is 8.78 Å². The van der Waals surface area contributed by atoms with Crippen molar-refractivity contribution in [2.75, 3.05) is 5.73 Å². The second-order valence-electron chi connectivity index (χ2n) is 4.45. The summed E-state index contributed by atoms with van der Waals surface area (Å²) in [5.74, 6) is 3.81. The summed E-state index contributed by atoms with van der Waals surface area (Å²) in [5, 5.41) is 0. The van der Waals surface area contributed by atoms with E-state index >= 15 is 0 Å². The molecule has 2 aromatic carbocycles. The number of hydrogen-bond acceptors (Lipinski definition) is 3. The van der Waals surface area contributed by atoms with E-state index < -0.39 is 11.6 Å². The monoisotopic (exact) mass is 341 g/mol. The Morgan fingerprint density at radius 1 is 1.10 bits per heavy atom. The van der Waals surface area contributed by atoms with Crippen LogP contribution in [-0.2, 0) is 6.42 Å². The van der Waals surface area contributed by atoms with Crippen LogP contribution >= 0.6 is 15.9 Å². The standard InChI is InChI=1S/C14H14BrF2N3/c15-9-2-4-13(18)10(7-9)14(20-19)6-8-1-3-11(16)12(17)5-8/h1-5,7,14,20H,6,18-19H2. The highest BCUT2D eigenvalue weighted by Crippen LogP contribution is 2.27. The van der Waals surface area contributed by atoms with Crippen molar-refractivity contribution in [2.45, 2.75) is 12.5 Å². The molecule has 0 saturated carbocycles. The second-order valence-corrected chi connectivity index (χ2v) is 5.36. The number of nitrogens with one attached hydrogen (secondary N) is 1. The Hall–Kier alpha value is -1.50. The van der Waals surface area contributed by atoms with Crippen LogP contribution in [0.2, 0.25) is 0 Å². The van der Waals surface area contributed by atoms with Gasteiger partial charge in [0, 0.05) is 10.2 Å². The minimum atomic E-state index is -0.875. The molecule has 0 spiro atoms. The van der Waals surface area contributed by atoms with Gasteiger partial charge in [-0.25, -0.2) is 8.78 Å². The fourth-order valence-electron chi connectivity index (χ4n) is 2.01. The van der Waals surface area contributed by atoms with Crippen molar-refractivity contribution in [3.05, 3.63) is 63.6 Å². The molecule has 0 aliphatic carbocycles.